The van der Waals surface area contributed by atoms with Gasteiger partial charge in [0.2, 0.25) is 10.0 Å². The van der Waals surface area contributed by atoms with Crippen LogP contribution in [0.1, 0.15) is 29.7 Å². The van der Waals surface area contributed by atoms with Gasteiger partial charge >= 0.3 is 0 Å². The normalized spacial score (nSPS) is 13.0. The van der Waals surface area contributed by atoms with E-state index < -0.39 is 10.0 Å². The monoisotopic (exact) mass is 306 g/mol. The van der Waals surface area contributed by atoms with Crippen molar-refractivity contribution in [3.05, 3.63) is 65.5 Å². The first-order chi connectivity index (χ1) is 10.00. The average Bonchev–Trinajstić information content (AvgIpc) is 2.47. The Balaban J connectivity index is 2.08. The lowest BCUT2D eigenvalue weighted by molar-refractivity contribution is 0.282. The molecular weight excluding hydrogens is 288 g/mol. The Kier molecular flexibility index (Phi) is 5.06. The zero-order valence-corrected chi connectivity index (χ0v) is 12.5. The number of pyridine rings is 1. The number of aromatic nitrogens is 1. The molecule has 5 nitrogen and oxygen atoms in total. The first-order valence-electron chi connectivity index (χ1n) is 6.59. The summed E-state index contributed by atoms with van der Waals surface area (Å²) < 4.78 is 27.0. The zero-order valence-electron chi connectivity index (χ0n) is 11.7. The minimum Gasteiger partial charge on any atom is -0.392 e. The van der Waals surface area contributed by atoms with Crippen LogP contribution in [0, 0.1) is 0 Å². The van der Waals surface area contributed by atoms with Crippen molar-refractivity contribution in [1.29, 1.82) is 0 Å². The van der Waals surface area contributed by atoms with Crippen LogP contribution in [-0.2, 0) is 22.4 Å². The maximum absolute atomic E-state index is 12.2. The van der Waals surface area contributed by atoms with Crippen LogP contribution >= 0.6 is 0 Å². The maximum atomic E-state index is 12.2. The molecule has 1 heterocycles. The highest BCUT2D eigenvalue weighted by atomic mass is 32.2. The summed E-state index contributed by atoms with van der Waals surface area (Å²) in [6.45, 7) is 1.67. The molecule has 0 saturated heterocycles. The van der Waals surface area contributed by atoms with Crippen molar-refractivity contribution < 1.29 is 13.5 Å². The Bertz CT molecular complexity index is 687. The van der Waals surface area contributed by atoms with Gasteiger partial charge in [-0.15, -0.1) is 0 Å². The van der Waals surface area contributed by atoms with Crippen LogP contribution in [0.3, 0.4) is 0 Å². The number of nitrogens with one attached hydrogen (secondary N) is 1. The Morgan fingerprint density at radius 3 is 2.67 bits per heavy atom. The molecule has 21 heavy (non-hydrogen) atoms. The van der Waals surface area contributed by atoms with E-state index >= 15 is 0 Å². The summed E-state index contributed by atoms with van der Waals surface area (Å²) in [5, 5.41) is 9.08. The van der Waals surface area contributed by atoms with E-state index in [1.165, 1.54) is 0 Å². The molecule has 6 heteroatoms. The fraction of sp³-hybridized carbons (Fsp3) is 0.267. The summed E-state index contributed by atoms with van der Waals surface area (Å²) in [4.78, 5) is 3.98. The number of aliphatic hydroxyl groups excluding tert-OH is 1. The fourth-order valence-corrected chi connectivity index (χ4v) is 3.42. The largest absolute Gasteiger partial charge is 0.392 e. The highest BCUT2D eigenvalue weighted by molar-refractivity contribution is 7.88. The molecule has 0 radical (unpaired) electrons. The molecule has 0 aliphatic heterocycles. The number of hydrogen-bond acceptors (Lipinski definition) is 4. The number of rotatable bonds is 6. The Morgan fingerprint density at radius 1 is 1.24 bits per heavy atom. The van der Waals surface area contributed by atoms with Gasteiger partial charge in [-0.25, -0.2) is 13.1 Å². The predicted molar refractivity (Wildman–Crippen MR) is 80.8 cm³/mol. The molecule has 112 valence electrons. The molecule has 0 aliphatic rings. The van der Waals surface area contributed by atoms with Gasteiger partial charge in [0.15, 0.2) is 0 Å². The quantitative estimate of drug-likeness (QED) is 0.852. The second-order valence-electron chi connectivity index (χ2n) is 4.86. The first kappa shape index (κ1) is 15.6. The van der Waals surface area contributed by atoms with Crippen molar-refractivity contribution in [3.8, 4) is 0 Å². The van der Waals surface area contributed by atoms with Crippen molar-refractivity contribution in [2.45, 2.75) is 25.3 Å². The predicted octanol–water partition coefficient (Wildman–Crippen LogP) is 1.75. The van der Waals surface area contributed by atoms with Crippen molar-refractivity contribution in [3.63, 3.8) is 0 Å². The third-order valence-corrected chi connectivity index (χ3v) is 4.50. The molecule has 0 aliphatic carbocycles. The van der Waals surface area contributed by atoms with Gasteiger partial charge < -0.3 is 5.11 Å². The highest BCUT2D eigenvalue weighted by Gasteiger charge is 2.16. The summed E-state index contributed by atoms with van der Waals surface area (Å²) in [5.41, 5.74) is 2.15. The fourth-order valence-electron chi connectivity index (χ4n) is 2.05. The average molecular weight is 306 g/mol. The third-order valence-electron chi connectivity index (χ3n) is 3.07. The van der Waals surface area contributed by atoms with E-state index in [1.54, 1.807) is 49.6 Å². The van der Waals surface area contributed by atoms with Gasteiger partial charge in [0.1, 0.15) is 0 Å². The number of aliphatic hydroxyl groups is 1. The first-order valence-corrected chi connectivity index (χ1v) is 8.24. The molecule has 2 rings (SSSR count). The summed E-state index contributed by atoms with van der Waals surface area (Å²) in [6.07, 6.45) is 3.28. The summed E-state index contributed by atoms with van der Waals surface area (Å²) in [6, 6.07) is 10.2. The minimum absolute atomic E-state index is 0.104. The van der Waals surface area contributed by atoms with Crippen LogP contribution in [0.5, 0.6) is 0 Å². The van der Waals surface area contributed by atoms with E-state index in [-0.39, 0.29) is 18.4 Å². The molecule has 1 atom stereocenters. The van der Waals surface area contributed by atoms with Crippen molar-refractivity contribution in [2.75, 3.05) is 0 Å². The molecule has 1 unspecified atom stereocenters. The molecule has 2 N–H and O–H groups in total. The van der Waals surface area contributed by atoms with Gasteiger partial charge in [-0.3, -0.25) is 4.98 Å². The van der Waals surface area contributed by atoms with E-state index in [1.807, 2.05) is 6.07 Å². The van der Waals surface area contributed by atoms with E-state index in [0.717, 1.165) is 5.56 Å². The SMILES string of the molecule is CC(NS(=O)(=O)Cc1cccc(CO)c1)c1cccnc1. The standard InChI is InChI=1S/C15H18N2O3S/c1-12(15-6-3-7-16-9-15)17-21(19,20)11-14-5-2-4-13(8-14)10-18/h2-9,12,17-18H,10-11H2,1H3. The number of sulfonamides is 1. The maximum Gasteiger partial charge on any atom is 0.216 e. The summed E-state index contributed by atoms with van der Waals surface area (Å²) in [7, 11) is -3.47. The van der Waals surface area contributed by atoms with Gasteiger partial charge in [0.05, 0.1) is 12.4 Å². The Morgan fingerprint density at radius 2 is 2.00 bits per heavy atom. The van der Waals surface area contributed by atoms with Gasteiger partial charge in [-0.2, -0.15) is 0 Å². The second kappa shape index (κ2) is 6.80. The lowest BCUT2D eigenvalue weighted by atomic mass is 10.1. The highest BCUT2D eigenvalue weighted by Crippen LogP contribution is 2.14. The molecule has 0 amide bonds. The van der Waals surface area contributed by atoms with E-state index in [4.69, 9.17) is 5.11 Å². The number of benzene rings is 1. The van der Waals surface area contributed by atoms with Crippen LogP contribution in [-0.4, -0.2) is 18.5 Å². The lowest BCUT2D eigenvalue weighted by Crippen LogP contribution is -2.28. The van der Waals surface area contributed by atoms with Crippen LogP contribution in [0.15, 0.2) is 48.8 Å². The minimum atomic E-state index is -3.47. The van der Waals surface area contributed by atoms with E-state index in [0.29, 0.717) is 11.1 Å². The van der Waals surface area contributed by atoms with Crippen LogP contribution < -0.4 is 4.72 Å². The zero-order chi connectivity index (χ0) is 15.3. The van der Waals surface area contributed by atoms with Gasteiger partial charge in [0.25, 0.3) is 0 Å². The van der Waals surface area contributed by atoms with Gasteiger partial charge in [-0.1, -0.05) is 30.3 Å². The lowest BCUT2D eigenvalue weighted by Gasteiger charge is -2.14. The third kappa shape index (κ3) is 4.63. The van der Waals surface area contributed by atoms with Crippen LogP contribution in [0.25, 0.3) is 0 Å². The van der Waals surface area contributed by atoms with Crippen LogP contribution in [0.2, 0.25) is 0 Å². The summed E-state index contributed by atoms with van der Waals surface area (Å²) >= 11 is 0. The Hall–Kier alpha value is -1.76. The number of nitrogens with zero attached hydrogens (tertiary/aromatic N) is 1. The molecule has 0 spiro atoms. The van der Waals surface area contributed by atoms with Gasteiger partial charge in [-0.05, 0) is 29.7 Å². The molecule has 0 bridgehead atoms. The topological polar surface area (TPSA) is 79.3 Å². The van der Waals surface area contributed by atoms with Crippen molar-refractivity contribution in [2.24, 2.45) is 0 Å². The molecule has 1 aromatic heterocycles. The summed E-state index contributed by atoms with van der Waals surface area (Å²) in [5.74, 6) is -0.120. The van der Waals surface area contributed by atoms with Gasteiger partial charge in [0, 0.05) is 18.4 Å². The smallest absolute Gasteiger partial charge is 0.216 e. The Labute approximate surface area is 124 Å². The molecule has 0 fully saturated rings. The molecule has 1 aromatic carbocycles. The van der Waals surface area contributed by atoms with Crippen LogP contribution in [0.4, 0.5) is 0 Å². The van der Waals surface area contributed by atoms with E-state index in [2.05, 4.69) is 9.71 Å². The second-order valence-corrected chi connectivity index (χ2v) is 6.62. The number of hydrogen-bond donors (Lipinski definition) is 2. The van der Waals surface area contributed by atoms with E-state index in [9.17, 15) is 8.42 Å². The van der Waals surface area contributed by atoms with Crippen molar-refractivity contribution in [1.82, 2.24) is 9.71 Å². The molecule has 0 saturated carbocycles. The van der Waals surface area contributed by atoms with Crippen molar-refractivity contribution >= 4 is 10.0 Å². The molecular formula is C15H18N2O3S. The molecule has 2 aromatic rings.